The molecule has 0 spiro atoms. The smallest absolute Gasteiger partial charge is 0.256 e. The summed E-state index contributed by atoms with van der Waals surface area (Å²) in [5.74, 6) is 1.06. The van der Waals surface area contributed by atoms with Gasteiger partial charge in [0.1, 0.15) is 6.10 Å². The van der Waals surface area contributed by atoms with Crippen LogP contribution in [-0.2, 0) is 4.74 Å². The second kappa shape index (κ2) is 7.58. The highest BCUT2D eigenvalue weighted by atomic mass is 16.5. The number of nitrogens with one attached hydrogen (secondary N) is 1. The second-order valence-electron chi connectivity index (χ2n) is 5.75. The fourth-order valence-corrected chi connectivity index (χ4v) is 3.17. The topological polar surface area (TPSA) is 84.0 Å². The SMILES string of the molecule is COc1ccc([C@@H]2[C@@H](CO)OCCN2C(=O)c2cc[nH]c2)cc1OC. The van der Waals surface area contributed by atoms with Gasteiger partial charge in [-0.05, 0) is 23.8 Å². The first kappa shape index (κ1) is 17.3. The summed E-state index contributed by atoms with van der Waals surface area (Å²) in [6.07, 6.45) is 2.87. The van der Waals surface area contributed by atoms with Gasteiger partial charge in [0.15, 0.2) is 11.5 Å². The maximum atomic E-state index is 12.9. The molecule has 1 aromatic heterocycles. The third-order valence-electron chi connectivity index (χ3n) is 4.39. The van der Waals surface area contributed by atoms with Crippen molar-refractivity contribution in [2.45, 2.75) is 12.1 Å². The molecule has 1 fully saturated rings. The normalized spacial score (nSPS) is 20.4. The number of nitrogens with zero attached hydrogens (tertiary/aromatic N) is 1. The lowest BCUT2D eigenvalue weighted by Gasteiger charge is -2.41. The van der Waals surface area contributed by atoms with Crippen LogP contribution in [0.1, 0.15) is 22.0 Å². The molecule has 1 amide bonds. The molecule has 0 unspecified atom stereocenters. The number of aromatic amines is 1. The standard InChI is InChI=1S/C18H22N2O5/c1-23-14-4-3-12(9-15(14)24-2)17-16(11-21)25-8-7-20(17)18(22)13-5-6-19-10-13/h3-6,9-10,16-17,19,21H,7-8,11H2,1-2H3/t16-,17-/m1/s1. The number of methoxy groups -OCH3 is 2. The van der Waals surface area contributed by atoms with Crippen LogP contribution in [0.4, 0.5) is 0 Å². The molecule has 2 N–H and O–H groups in total. The molecule has 1 saturated heterocycles. The Morgan fingerprint density at radius 3 is 2.76 bits per heavy atom. The summed E-state index contributed by atoms with van der Waals surface area (Å²) in [7, 11) is 3.13. The zero-order valence-electron chi connectivity index (χ0n) is 14.3. The van der Waals surface area contributed by atoms with Gasteiger partial charge in [-0.25, -0.2) is 0 Å². The number of morpholine rings is 1. The average molecular weight is 346 g/mol. The first-order valence-corrected chi connectivity index (χ1v) is 8.07. The number of hydrogen-bond donors (Lipinski definition) is 2. The monoisotopic (exact) mass is 346 g/mol. The summed E-state index contributed by atoms with van der Waals surface area (Å²) in [6.45, 7) is 0.640. The molecule has 134 valence electrons. The van der Waals surface area contributed by atoms with E-state index in [1.807, 2.05) is 12.1 Å². The van der Waals surface area contributed by atoms with Gasteiger partial charge in [-0.3, -0.25) is 4.79 Å². The Balaban J connectivity index is 1.99. The molecule has 2 heterocycles. The van der Waals surface area contributed by atoms with E-state index in [4.69, 9.17) is 14.2 Å². The minimum Gasteiger partial charge on any atom is -0.493 e. The van der Waals surface area contributed by atoms with E-state index in [1.165, 1.54) is 0 Å². The van der Waals surface area contributed by atoms with E-state index in [0.717, 1.165) is 5.56 Å². The fourth-order valence-electron chi connectivity index (χ4n) is 3.17. The molecule has 1 aliphatic rings. The molecule has 25 heavy (non-hydrogen) atoms. The molecule has 2 atom stereocenters. The number of H-pyrrole nitrogens is 1. The van der Waals surface area contributed by atoms with E-state index in [1.54, 1.807) is 43.6 Å². The van der Waals surface area contributed by atoms with E-state index in [-0.39, 0.29) is 12.5 Å². The first-order valence-electron chi connectivity index (χ1n) is 8.07. The second-order valence-corrected chi connectivity index (χ2v) is 5.75. The number of ether oxygens (including phenoxy) is 3. The highest BCUT2D eigenvalue weighted by Gasteiger charge is 2.37. The van der Waals surface area contributed by atoms with E-state index >= 15 is 0 Å². The first-order chi connectivity index (χ1) is 12.2. The minimum absolute atomic E-state index is 0.109. The molecular formula is C18H22N2O5. The van der Waals surface area contributed by atoms with Crippen LogP contribution in [0.3, 0.4) is 0 Å². The number of carbonyl (C=O) groups is 1. The van der Waals surface area contributed by atoms with Crippen molar-refractivity contribution in [3.63, 3.8) is 0 Å². The largest absolute Gasteiger partial charge is 0.493 e. The highest BCUT2D eigenvalue weighted by Crippen LogP contribution is 2.36. The molecule has 0 saturated carbocycles. The van der Waals surface area contributed by atoms with Gasteiger partial charge >= 0.3 is 0 Å². The van der Waals surface area contributed by atoms with Crippen molar-refractivity contribution in [1.82, 2.24) is 9.88 Å². The van der Waals surface area contributed by atoms with Crippen LogP contribution in [0, 0.1) is 0 Å². The third kappa shape index (κ3) is 3.33. The van der Waals surface area contributed by atoms with E-state index in [0.29, 0.717) is 30.2 Å². The van der Waals surface area contributed by atoms with Crippen LogP contribution in [0.5, 0.6) is 11.5 Å². The molecule has 2 aromatic rings. The van der Waals surface area contributed by atoms with Crippen molar-refractivity contribution >= 4 is 5.91 Å². The Labute approximate surface area is 146 Å². The van der Waals surface area contributed by atoms with E-state index in [9.17, 15) is 9.90 Å². The summed E-state index contributed by atoms with van der Waals surface area (Å²) in [5.41, 5.74) is 1.39. The van der Waals surface area contributed by atoms with Crippen molar-refractivity contribution in [1.29, 1.82) is 0 Å². The lowest BCUT2D eigenvalue weighted by Crippen LogP contribution is -2.49. The van der Waals surface area contributed by atoms with Gasteiger partial charge in [-0.15, -0.1) is 0 Å². The van der Waals surface area contributed by atoms with Gasteiger partial charge in [-0.1, -0.05) is 6.07 Å². The third-order valence-corrected chi connectivity index (χ3v) is 4.39. The molecule has 0 aliphatic carbocycles. The average Bonchev–Trinajstić information content (AvgIpc) is 3.20. The lowest BCUT2D eigenvalue weighted by molar-refractivity contribution is -0.0811. The molecular weight excluding hydrogens is 324 g/mol. The van der Waals surface area contributed by atoms with Crippen molar-refractivity contribution in [2.75, 3.05) is 34.0 Å². The highest BCUT2D eigenvalue weighted by molar-refractivity contribution is 5.94. The van der Waals surface area contributed by atoms with Gasteiger partial charge in [0, 0.05) is 18.9 Å². The number of aromatic nitrogens is 1. The van der Waals surface area contributed by atoms with Gasteiger partial charge in [0.05, 0.1) is 39.0 Å². The van der Waals surface area contributed by atoms with Crippen LogP contribution >= 0.6 is 0 Å². The van der Waals surface area contributed by atoms with Crippen molar-refractivity contribution < 1.29 is 24.1 Å². The number of rotatable bonds is 5. The zero-order chi connectivity index (χ0) is 17.8. The molecule has 1 aromatic carbocycles. The van der Waals surface area contributed by atoms with Crippen LogP contribution in [-0.4, -0.2) is 61.0 Å². The number of carbonyl (C=O) groups excluding carboxylic acids is 1. The number of hydrogen-bond acceptors (Lipinski definition) is 5. The van der Waals surface area contributed by atoms with Gasteiger partial charge < -0.3 is 29.2 Å². The Morgan fingerprint density at radius 1 is 1.32 bits per heavy atom. The van der Waals surface area contributed by atoms with Crippen LogP contribution in [0.25, 0.3) is 0 Å². The Bertz CT molecular complexity index is 716. The molecule has 7 nitrogen and oxygen atoms in total. The van der Waals surface area contributed by atoms with Crippen LogP contribution in [0.15, 0.2) is 36.7 Å². The summed E-state index contributed by atoms with van der Waals surface area (Å²) < 4.78 is 16.3. The van der Waals surface area contributed by atoms with Crippen molar-refractivity contribution in [3.05, 3.63) is 47.8 Å². The predicted molar refractivity (Wildman–Crippen MR) is 90.9 cm³/mol. The Hall–Kier alpha value is -2.51. The summed E-state index contributed by atoms with van der Waals surface area (Å²) in [4.78, 5) is 17.5. The molecule has 0 radical (unpaired) electrons. The lowest BCUT2D eigenvalue weighted by atomic mass is 9.97. The van der Waals surface area contributed by atoms with Gasteiger partial charge in [0.2, 0.25) is 0 Å². The minimum atomic E-state index is -0.505. The molecule has 7 heteroatoms. The van der Waals surface area contributed by atoms with Crippen molar-refractivity contribution in [2.24, 2.45) is 0 Å². The van der Waals surface area contributed by atoms with Crippen LogP contribution < -0.4 is 9.47 Å². The maximum absolute atomic E-state index is 12.9. The van der Waals surface area contributed by atoms with Crippen molar-refractivity contribution in [3.8, 4) is 11.5 Å². The number of benzene rings is 1. The summed E-state index contributed by atoms with van der Waals surface area (Å²) in [5, 5.41) is 9.76. The van der Waals surface area contributed by atoms with E-state index in [2.05, 4.69) is 4.98 Å². The fraction of sp³-hybridized carbons (Fsp3) is 0.389. The van der Waals surface area contributed by atoms with Gasteiger partial charge in [-0.2, -0.15) is 0 Å². The van der Waals surface area contributed by atoms with Crippen LogP contribution in [0.2, 0.25) is 0 Å². The molecule has 0 bridgehead atoms. The number of aliphatic hydroxyl groups is 1. The van der Waals surface area contributed by atoms with Gasteiger partial charge in [0.25, 0.3) is 5.91 Å². The number of amides is 1. The zero-order valence-corrected chi connectivity index (χ0v) is 14.3. The molecule has 3 rings (SSSR count). The quantitative estimate of drug-likeness (QED) is 0.859. The maximum Gasteiger partial charge on any atom is 0.256 e. The summed E-state index contributed by atoms with van der Waals surface area (Å²) >= 11 is 0. The molecule has 1 aliphatic heterocycles. The predicted octanol–water partition coefficient (Wildman–Crippen LogP) is 1.61. The Morgan fingerprint density at radius 2 is 2.12 bits per heavy atom. The Kier molecular flexibility index (Phi) is 5.25. The number of aliphatic hydroxyl groups excluding tert-OH is 1. The summed E-state index contributed by atoms with van der Waals surface area (Å²) in [6, 6.07) is 6.79. The van der Waals surface area contributed by atoms with E-state index < -0.39 is 12.1 Å².